The van der Waals surface area contributed by atoms with Gasteiger partial charge in [0, 0.05) is 30.0 Å². The van der Waals surface area contributed by atoms with Gasteiger partial charge in [0.15, 0.2) is 0 Å². The summed E-state index contributed by atoms with van der Waals surface area (Å²) in [6, 6.07) is 0.385. The van der Waals surface area contributed by atoms with Crippen LogP contribution in [0.1, 0.15) is 33.1 Å². The first kappa shape index (κ1) is 13.0. The summed E-state index contributed by atoms with van der Waals surface area (Å²) in [6.45, 7) is 5.91. The highest BCUT2D eigenvalue weighted by Gasteiger charge is 2.29. The molecule has 2 fully saturated rings. The molecule has 17 heavy (non-hydrogen) atoms. The fraction of sp³-hybridized carbons (Fsp3) is 0.769. The molecule has 2 unspecified atom stereocenters. The molecule has 1 saturated carbocycles. The largest absolute Gasteiger partial charge is 0.348 e. The lowest BCUT2D eigenvalue weighted by atomic mass is 10.0. The maximum absolute atomic E-state index is 12.1. The SMILES string of the molecule is CCSC1CCCC1NC(=O)C(C)=C1CNC1. The van der Waals surface area contributed by atoms with E-state index in [1.165, 1.54) is 18.4 Å². The Labute approximate surface area is 108 Å². The van der Waals surface area contributed by atoms with Crippen molar-refractivity contribution in [3.05, 3.63) is 11.1 Å². The molecule has 0 aromatic heterocycles. The van der Waals surface area contributed by atoms with Gasteiger partial charge in [0.25, 0.3) is 0 Å². The summed E-state index contributed by atoms with van der Waals surface area (Å²) >= 11 is 1.99. The van der Waals surface area contributed by atoms with Gasteiger partial charge in [-0.3, -0.25) is 4.79 Å². The van der Waals surface area contributed by atoms with Crippen molar-refractivity contribution < 1.29 is 4.79 Å². The number of hydrogen-bond acceptors (Lipinski definition) is 3. The van der Waals surface area contributed by atoms with Gasteiger partial charge < -0.3 is 10.6 Å². The summed E-state index contributed by atoms with van der Waals surface area (Å²) in [5.74, 6) is 1.29. The van der Waals surface area contributed by atoms with Gasteiger partial charge in [-0.2, -0.15) is 11.8 Å². The zero-order chi connectivity index (χ0) is 12.3. The summed E-state index contributed by atoms with van der Waals surface area (Å²) in [6.07, 6.45) is 3.64. The van der Waals surface area contributed by atoms with Gasteiger partial charge in [-0.25, -0.2) is 0 Å². The molecule has 3 nitrogen and oxygen atoms in total. The van der Waals surface area contributed by atoms with Crippen molar-refractivity contribution in [1.82, 2.24) is 10.6 Å². The number of nitrogens with one attached hydrogen (secondary N) is 2. The third-order valence-corrected chi connectivity index (χ3v) is 5.02. The van der Waals surface area contributed by atoms with Crippen molar-refractivity contribution in [1.29, 1.82) is 0 Å². The van der Waals surface area contributed by atoms with E-state index in [0.29, 0.717) is 11.3 Å². The first-order valence-electron chi connectivity index (χ1n) is 6.54. The predicted molar refractivity (Wildman–Crippen MR) is 73.3 cm³/mol. The van der Waals surface area contributed by atoms with E-state index in [1.54, 1.807) is 0 Å². The predicted octanol–water partition coefficient (Wildman–Crippen LogP) is 1.70. The maximum Gasteiger partial charge on any atom is 0.247 e. The Morgan fingerprint density at radius 1 is 1.47 bits per heavy atom. The molecule has 1 heterocycles. The van der Waals surface area contributed by atoms with Crippen LogP contribution >= 0.6 is 11.8 Å². The highest BCUT2D eigenvalue weighted by atomic mass is 32.2. The van der Waals surface area contributed by atoms with Crippen LogP contribution in [-0.2, 0) is 4.79 Å². The Hall–Kier alpha value is -0.480. The monoisotopic (exact) mass is 254 g/mol. The summed E-state index contributed by atoms with van der Waals surface area (Å²) < 4.78 is 0. The van der Waals surface area contributed by atoms with Crippen LogP contribution in [0.2, 0.25) is 0 Å². The fourth-order valence-corrected chi connectivity index (χ4v) is 3.65. The summed E-state index contributed by atoms with van der Waals surface area (Å²) in [5.41, 5.74) is 2.19. The Bertz CT molecular complexity index is 321. The van der Waals surface area contributed by atoms with Gasteiger partial charge in [-0.1, -0.05) is 13.3 Å². The molecule has 0 bridgehead atoms. The number of carbonyl (C=O) groups excluding carboxylic acids is 1. The molecule has 0 radical (unpaired) electrons. The normalized spacial score (nSPS) is 27.8. The van der Waals surface area contributed by atoms with Crippen molar-refractivity contribution in [3.8, 4) is 0 Å². The topological polar surface area (TPSA) is 41.1 Å². The molecule has 1 aliphatic carbocycles. The second-order valence-electron chi connectivity index (χ2n) is 4.84. The van der Waals surface area contributed by atoms with Crippen LogP contribution in [0.25, 0.3) is 0 Å². The Kier molecular flexibility index (Phi) is 4.51. The molecule has 4 heteroatoms. The average Bonchev–Trinajstić information content (AvgIpc) is 2.64. The zero-order valence-electron chi connectivity index (χ0n) is 10.7. The van der Waals surface area contributed by atoms with E-state index in [0.717, 1.165) is 30.8 Å². The third-order valence-electron chi connectivity index (χ3n) is 3.70. The van der Waals surface area contributed by atoms with Crippen LogP contribution < -0.4 is 10.6 Å². The first-order chi connectivity index (χ1) is 8.22. The molecule has 96 valence electrons. The van der Waals surface area contributed by atoms with Crippen molar-refractivity contribution in [2.75, 3.05) is 18.8 Å². The molecular formula is C13H22N2OS. The van der Waals surface area contributed by atoms with Crippen LogP contribution in [-0.4, -0.2) is 36.0 Å². The molecule has 0 spiro atoms. The van der Waals surface area contributed by atoms with Crippen molar-refractivity contribution in [3.63, 3.8) is 0 Å². The molecule has 0 aromatic carbocycles. The number of amides is 1. The van der Waals surface area contributed by atoms with Crippen molar-refractivity contribution >= 4 is 17.7 Å². The molecule has 2 N–H and O–H groups in total. The number of carbonyl (C=O) groups is 1. The lowest BCUT2D eigenvalue weighted by molar-refractivity contribution is -0.118. The van der Waals surface area contributed by atoms with E-state index in [2.05, 4.69) is 17.6 Å². The zero-order valence-corrected chi connectivity index (χ0v) is 11.5. The van der Waals surface area contributed by atoms with Crippen LogP contribution in [0.4, 0.5) is 0 Å². The second-order valence-corrected chi connectivity index (χ2v) is 6.35. The van der Waals surface area contributed by atoms with Gasteiger partial charge in [-0.15, -0.1) is 0 Å². The van der Waals surface area contributed by atoms with E-state index < -0.39 is 0 Å². The number of hydrogen-bond donors (Lipinski definition) is 2. The lowest BCUT2D eigenvalue weighted by Crippen LogP contribution is -2.42. The van der Waals surface area contributed by atoms with Gasteiger partial charge in [-0.05, 0) is 31.1 Å². The average molecular weight is 254 g/mol. The quantitative estimate of drug-likeness (QED) is 0.750. The summed E-state index contributed by atoms with van der Waals surface area (Å²) in [5, 5.41) is 7.02. The van der Waals surface area contributed by atoms with Crippen LogP contribution in [0.5, 0.6) is 0 Å². The Morgan fingerprint density at radius 3 is 2.82 bits per heavy atom. The molecule has 0 aromatic rings. The third kappa shape index (κ3) is 3.05. The van der Waals surface area contributed by atoms with Crippen LogP contribution in [0, 0.1) is 0 Å². The molecular weight excluding hydrogens is 232 g/mol. The van der Waals surface area contributed by atoms with E-state index >= 15 is 0 Å². The van der Waals surface area contributed by atoms with E-state index in [1.807, 2.05) is 18.7 Å². The Balaban J connectivity index is 1.89. The smallest absolute Gasteiger partial charge is 0.247 e. The lowest BCUT2D eigenvalue weighted by Gasteiger charge is -2.24. The van der Waals surface area contributed by atoms with Gasteiger partial charge in [0.2, 0.25) is 5.91 Å². The van der Waals surface area contributed by atoms with Gasteiger partial charge >= 0.3 is 0 Å². The summed E-state index contributed by atoms with van der Waals surface area (Å²) in [7, 11) is 0. The second kappa shape index (κ2) is 5.91. The highest BCUT2D eigenvalue weighted by molar-refractivity contribution is 7.99. The molecule has 1 amide bonds. The number of thioether (sulfide) groups is 1. The minimum atomic E-state index is 0.148. The van der Waals surface area contributed by atoms with Crippen molar-refractivity contribution in [2.45, 2.75) is 44.4 Å². The molecule has 1 aliphatic heterocycles. The van der Waals surface area contributed by atoms with Crippen LogP contribution in [0.3, 0.4) is 0 Å². The molecule has 1 saturated heterocycles. The van der Waals surface area contributed by atoms with E-state index in [-0.39, 0.29) is 5.91 Å². The fourth-order valence-electron chi connectivity index (χ4n) is 2.46. The van der Waals surface area contributed by atoms with Gasteiger partial charge in [0.1, 0.15) is 0 Å². The maximum atomic E-state index is 12.1. The van der Waals surface area contributed by atoms with Crippen molar-refractivity contribution in [2.24, 2.45) is 0 Å². The van der Waals surface area contributed by atoms with Gasteiger partial charge in [0.05, 0.1) is 0 Å². The van der Waals surface area contributed by atoms with E-state index in [9.17, 15) is 4.79 Å². The standard InChI is InChI=1S/C13H22N2OS/c1-3-17-12-6-4-5-11(12)15-13(16)9(2)10-7-14-8-10/h11-12,14H,3-8H2,1-2H3,(H,15,16). The molecule has 2 aliphatic rings. The van der Waals surface area contributed by atoms with Crippen LogP contribution in [0.15, 0.2) is 11.1 Å². The Morgan fingerprint density at radius 2 is 2.24 bits per heavy atom. The summed E-state index contributed by atoms with van der Waals surface area (Å²) in [4.78, 5) is 12.1. The first-order valence-corrected chi connectivity index (χ1v) is 7.59. The molecule has 2 rings (SSSR count). The molecule has 2 atom stereocenters. The van der Waals surface area contributed by atoms with E-state index in [4.69, 9.17) is 0 Å². The minimum absolute atomic E-state index is 0.148. The highest BCUT2D eigenvalue weighted by Crippen LogP contribution is 2.30. The number of rotatable bonds is 4. The minimum Gasteiger partial charge on any atom is -0.348 e.